The highest BCUT2D eigenvalue weighted by molar-refractivity contribution is 6.33. The fourth-order valence-corrected chi connectivity index (χ4v) is 2.26. The molecule has 0 aliphatic heterocycles. The number of methoxy groups -OCH3 is 3. The van der Waals surface area contributed by atoms with Crippen LogP contribution in [-0.4, -0.2) is 33.5 Å². The highest BCUT2D eigenvalue weighted by atomic mass is 35.5. The smallest absolute Gasteiger partial charge is 0.271 e. The van der Waals surface area contributed by atoms with Gasteiger partial charge in [-0.1, -0.05) is 11.6 Å². The largest absolute Gasteiger partial charge is 0.493 e. The van der Waals surface area contributed by atoms with E-state index < -0.39 is 11.7 Å². The van der Waals surface area contributed by atoms with E-state index in [2.05, 4.69) is 10.5 Å². The number of nitrogens with one attached hydrogen (secondary N) is 1. The number of nitrogens with zero attached hydrogens (tertiary/aromatic N) is 1. The highest BCUT2D eigenvalue weighted by Gasteiger charge is 2.16. The fraction of sp³-hybridized carbons (Fsp3) is 0.176. The fourth-order valence-electron chi connectivity index (χ4n) is 2.04. The number of halogens is 2. The number of hydrazone groups is 1. The lowest BCUT2D eigenvalue weighted by Crippen LogP contribution is -2.18. The maximum atomic E-state index is 13.0. The number of carbonyl (C=O) groups excluding carboxylic acids is 1. The Hall–Kier alpha value is -2.80. The minimum atomic E-state index is -0.492. The molecule has 0 bridgehead atoms. The Bertz CT molecular complexity index is 786. The van der Waals surface area contributed by atoms with Crippen LogP contribution in [0.1, 0.15) is 15.9 Å². The zero-order chi connectivity index (χ0) is 18.4. The molecule has 2 aromatic carbocycles. The van der Waals surface area contributed by atoms with Crippen molar-refractivity contribution in [3.05, 3.63) is 52.3 Å². The van der Waals surface area contributed by atoms with Crippen molar-refractivity contribution in [3.8, 4) is 17.2 Å². The summed E-state index contributed by atoms with van der Waals surface area (Å²) in [6.07, 6.45) is 1.32. The molecule has 0 saturated carbocycles. The SMILES string of the molecule is COc1cc(C(=O)NN=Cc2ccc(F)cc2Cl)cc(OC)c1OC. The quantitative estimate of drug-likeness (QED) is 0.629. The van der Waals surface area contributed by atoms with E-state index in [9.17, 15) is 9.18 Å². The highest BCUT2D eigenvalue weighted by Crippen LogP contribution is 2.38. The lowest BCUT2D eigenvalue weighted by atomic mass is 10.1. The van der Waals surface area contributed by atoms with Crippen LogP contribution in [0.5, 0.6) is 17.2 Å². The van der Waals surface area contributed by atoms with Gasteiger partial charge < -0.3 is 14.2 Å². The Morgan fingerprint density at radius 2 is 1.76 bits per heavy atom. The monoisotopic (exact) mass is 366 g/mol. The van der Waals surface area contributed by atoms with Gasteiger partial charge in [-0.15, -0.1) is 0 Å². The lowest BCUT2D eigenvalue weighted by Gasteiger charge is -2.13. The van der Waals surface area contributed by atoms with Gasteiger partial charge in [0.25, 0.3) is 5.91 Å². The Kier molecular flexibility index (Phi) is 6.19. The molecule has 2 rings (SSSR count). The van der Waals surface area contributed by atoms with E-state index in [4.69, 9.17) is 25.8 Å². The van der Waals surface area contributed by atoms with Crippen LogP contribution < -0.4 is 19.6 Å². The Morgan fingerprint density at radius 3 is 2.28 bits per heavy atom. The predicted octanol–water partition coefficient (Wildman–Crippen LogP) is 3.27. The molecule has 2 aromatic rings. The molecule has 0 spiro atoms. The van der Waals surface area contributed by atoms with Crippen molar-refractivity contribution < 1.29 is 23.4 Å². The molecule has 0 aromatic heterocycles. The van der Waals surface area contributed by atoms with Gasteiger partial charge in [0.1, 0.15) is 5.82 Å². The standard InChI is InChI=1S/C17H16ClFN2O4/c1-23-14-6-11(7-15(24-2)16(14)25-3)17(22)21-20-9-10-4-5-12(19)8-13(10)18/h4-9H,1-3H3,(H,21,22). The maximum absolute atomic E-state index is 13.0. The van der Waals surface area contributed by atoms with E-state index >= 15 is 0 Å². The summed E-state index contributed by atoms with van der Waals surface area (Å²) in [5.74, 6) is 0.121. The molecule has 1 amide bonds. The number of amides is 1. The third kappa shape index (κ3) is 4.39. The van der Waals surface area contributed by atoms with Crippen molar-refractivity contribution >= 4 is 23.7 Å². The van der Waals surface area contributed by atoms with Crippen LogP contribution in [0.15, 0.2) is 35.4 Å². The van der Waals surface area contributed by atoms with E-state index in [1.807, 2.05) is 0 Å². The van der Waals surface area contributed by atoms with Gasteiger partial charge in [-0.2, -0.15) is 5.10 Å². The lowest BCUT2D eigenvalue weighted by molar-refractivity contribution is 0.0954. The zero-order valence-electron chi connectivity index (χ0n) is 13.8. The second kappa shape index (κ2) is 8.34. The van der Waals surface area contributed by atoms with Crippen LogP contribution in [0.3, 0.4) is 0 Å². The zero-order valence-corrected chi connectivity index (χ0v) is 14.6. The van der Waals surface area contributed by atoms with Gasteiger partial charge in [-0.05, 0) is 30.3 Å². The summed E-state index contributed by atoms with van der Waals surface area (Å²) < 4.78 is 28.6. The number of hydrogen-bond acceptors (Lipinski definition) is 5. The Balaban J connectivity index is 2.19. The maximum Gasteiger partial charge on any atom is 0.271 e. The normalized spacial score (nSPS) is 10.6. The van der Waals surface area contributed by atoms with Crippen LogP contribution in [0.4, 0.5) is 4.39 Å². The van der Waals surface area contributed by atoms with Crippen LogP contribution in [0.2, 0.25) is 5.02 Å². The third-order valence-electron chi connectivity index (χ3n) is 3.26. The van der Waals surface area contributed by atoms with Crippen molar-refractivity contribution in [1.29, 1.82) is 0 Å². The summed E-state index contributed by atoms with van der Waals surface area (Å²) in [5, 5.41) is 4.00. The first-order valence-corrected chi connectivity index (χ1v) is 7.46. The van der Waals surface area contributed by atoms with E-state index in [-0.39, 0.29) is 10.6 Å². The average Bonchev–Trinajstić information content (AvgIpc) is 2.61. The molecule has 132 valence electrons. The first-order chi connectivity index (χ1) is 12.0. The van der Waals surface area contributed by atoms with E-state index in [0.29, 0.717) is 22.8 Å². The molecule has 0 fully saturated rings. The second-order valence-corrected chi connectivity index (χ2v) is 5.19. The van der Waals surface area contributed by atoms with Crippen molar-refractivity contribution in [2.45, 2.75) is 0 Å². The van der Waals surface area contributed by atoms with E-state index in [1.165, 1.54) is 51.8 Å². The molecule has 0 saturated heterocycles. The van der Waals surface area contributed by atoms with E-state index in [0.717, 1.165) is 6.07 Å². The average molecular weight is 367 g/mol. The number of rotatable bonds is 6. The molecular formula is C17H16ClFN2O4. The van der Waals surface area contributed by atoms with Crippen LogP contribution >= 0.6 is 11.6 Å². The number of benzene rings is 2. The number of ether oxygens (including phenoxy) is 3. The van der Waals surface area contributed by atoms with Crippen molar-refractivity contribution in [3.63, 3.8) is 0 Å². The molecule has 0 atom stereocenters. The Labute approximate surface area is 149 Å². The molecule has 0 aliphatic rings. The molecule has 0 radical (unpaired) electrons. The van der Waals surface area contributed by atoms with Crippen molar-refractivity contribution in [1.82, 2.24) is 5.43 Å². The van der Waals surface area contributed by atoms with Crippen LogP contribution in [0.25, 0.3) is 0 Å². The van der Waals surface area contributed by atoms with Gasteiger partial charge in [0, 0.05) is 11.1 Å². The van der Waals surface area contributed by atoms with Gasteiger partial charge >= 0.3 is 0 Å². The second-order valence-electron chi connectivity index (χ2n) is 4.78. The molecule has 25 heavy (non-hydrogen) atoms. The minimum Gasteiger partial charge on any atom is -0.493 e. The van der Waals surface area contributed by atoms with E-state index in [1.54, 1.807) is 0 Å². The topological polar surface area (TPSA) is 69.2 Å². The molecule has 8 heteroatoms. The van der Waals surface area contributed by atoms with Crippen molar-refractivity contribution in [2.24, 2.45) is 5.10 Å². The summed E-state index contributed by atoms with van der Waals surface area (Å²) in [6.45, 7) is 0. The van der Waals surface area contributed by atoms with Crippen molar-refractivity contribution in [2.75, 3.05) is 21.3 Å². The third-order valence-corrected chi connectivity index (χ3v) is 3.59. The van der Waals surface area contributed by atoms with Crippen LogP contribution in [0, 0.1) is 5.82 Å². The molecule has 0 aliphatic carbocycles. The summed E-state index contributed by atoms with van der Waals surface area (Å²) >= 11 is 5.88. The van der Waals surface area contributed by atoms with Gasteiger partial charge in [-0.25, -0.2) is 9.82 Å². The summed E-state index contributed by atoms with van der Waals surface area (Å²) in [4.78, 5) is 12.2. The molecule has 0 heterocycles. The Morgan fingerprint density at radius 1 is 1.12 bits per heavy atom. The van der Waals surface area contributed by atoms with Crippen LogP contribution in [-0.2, 0) is 0 Å². The number of hydrogen-bond donors (Lipinski definition) is 1. The van der Waals surface area contributed by atoms with Gasteiger partial charge in [0.15, 0.2) is 11.5 Å². The first-order valence-electron chi connectivity index (χ1n) is 7.08. The van der Waals surface area contributed by atoms with Gasteiger partial charge in [-0.3, -0.25) is 4.79 Å². The molecule has 6 nitrogen and oxygen atoms in total. The summed E-state index contributed by atoms with van der Waals surface area (Å²) in [6, 6.07) is 6.85. The van der Waals surface area contributed by atoms with Gasteiger partial charge in [0.2, 0.25) is 5.75 Å². The molecule has 0 unspecified atom stereocenters. The molecular weight excluding hydrogens is 351 g/mol. The predicted molar refractivity (Wildman–Crippen MR) is 92.6 cm³/mol. The summed E-state index contributed by atoms with van der Waals surface area (Å²) in [5.41, 5.74) is 3.08. The minimum absolute atomic E-state index is 0.186. The summed E-state index contributed by atoms with van der Waals surface area (Å²) in [7, 11) is 4.37. The first kappa shape index (κ1) is 18.5. The van der Waals surface area contributed by atoms with Gasteiger partial charge in [0.05, 0.1) is 32.6 Å². The molecule has 1 N–H and O–H groups in total. The number of carbonyl (C=O) groups is 1.